The molecule has 1 saturated heterocycles. The topological polar surface area (TPSA) is 56.7 Å². The number of hydrogen-bond acceptors (Lipinski definition) is 5. The lowest BCUT2D eigenvalue weighted by molar-refractivity contribution is -0.131. The third-order valence-corrected chi connectivity index (χ3v) is 6.06. The van der Waals surface area contributed by atoms with Crippen LogP contribution >= 0.6 is 11.3 Å². The Morgan fingerprint density at radius 2 is 1.78 bits per heavy atom. The predicted molar refractivity (Wildman–Crippen MR) is 109 cm³/mol. The average molecular weight is 382 g/mol. The Balaban J connectivity index is 1.24. The second kappa shape index (κ2) is 7.96. The van der Waals surface area contributed by atoms with E-state index in [9.17, 15) is 9.90 Å². The number of aryl methyl sites for hydroxylation is 1. The number of hydrogen-bond donors (Lipinski definition) is 1. The molecule has 1 aliphatic heterocycles. The fraction of sp³-hybridized carbons (Fsp3) is 0.333. The molecule has 1 aromatic heterocycles. The number of benzene rings is 2. The maximum Gasteiger partial charge on any atom is 0.222 e. The number of aromatic hydroxyl groups is 1. The van der Waals surface area contributed by atoms with E-state index < -0.39 is 0 Å². The van der Waals surface area contributed by atoms with Crippen LogP contribution in [-0.2, 0) is 11.2 Å². The minimum atomic E-state index is 0.237. The van der Waals surface area contributed by atoms with Crippen molar-refractivity contribution >= 4 is 33.1 Å². The van der Waals surface area contributed by atoms with E-state index in [4.69, 9.17) is 0 Å². The zero-order chi connectivity index (χ0) is 18.6. The number of phenols is 1. The Kier molecular flexibility index (Phi) is 5.25. The maximum atomic E-state index is 12.5. The van der Waals surface area contributed by atoms with Crippen LogP contribution in [-0.4, -0.2) is 47.1 Å². The number of aromatic nitrogens is 1. The van der Waals surface area contributed by atoms with Gasteiger partial charge in [-0.2, -0.15) is 0 Å². The van der Waals surface area contributed by atoms with Crippen LogP contribution in [0.25, 0.3) is 10.2 Å². The van der Waals surface area contributed by atoms with E-state index in [1.807, 2.05) is 35.2 Å². The summed E-state index contributed by atoms with van der Waals surface area (Å²) >= 11 is 1.72. The largest absolute Gasteiger partial charge is 0.508 e. The molecule has 0 atom stereocenters. The molecule has 3 aromatic rings. The zero-order valence-corrected chi connectivity index (χ0v) is 16.0. The summed E-state index contributed by atoms with van der Waals surface area (Å²) in [5, 5.41) is 10.5. The Morgan fingerprint density at radius 3 is 2.52 bits per heavy atom. The Morgan fingerprint density at radius 1 is 1.04 bits per heavy atom. The average Bonchev–Trinajstić information content (AvgIpc) is 3.11. The van der Waals surface area contributed by atoms with Crippen LogP contribution < -0.4 is 4.90 Å². The molecule has 0 spiro atoms. The number of thiazole rings is 1. The van der Waals surface area contributed by atoms with Gasteiger partial charge in [-0.3, -0.25) is 4.79 Å². The minimum absolute atomic E-state index is 0.237. The lowest BCUT2D eigenvalue weighted by atomic mass is 10.2. The molecule has 1 fully saturated rings. The summed E-state index contributed by atoms with van der Waals surface area (Å²) in [4.78, 5) is 21.4. The van der Waals surface area contributed by atoms with Crippen LogP contribution in [0.1, 0.15) is 17.8 Å². The number of para-hydroxylation sites is 1. The molecule has 0 aliphatic carbocycles. The molecule has 27 heavy (non-hydrogen) atoms. The first-order valence-electron chi connectivity index (χ1n) is 9.35. The number of anilines is 1. The van der Waals surface area contributed by atoms with Gasteiger partial charge in [0.2, 0.25) is 5.91 Å². The number of rotatable bonds is 5. The van der Waals surface area contributed by atoms with Gasteiger partial charge in [-0.25, -0.2) is 4.98 Å². The van der Waals surface area contributed by atoms with Gasteiger partial charge < -0.3 is 14.9 Å². The summed E-state index contributed by atoms with van der Waals surface area (Å²) in [6.07, 6.45) is 2.28. The minimum Gasteiger partial charge on any atom is -0.508 e. The third-order valence-electron chi connectivity index (χ3n) is 4.97. The van der Waals surface area contributed by atoms with Crippen molar-refractivity contribution < 1.29 is 9.90 Å². The molecule has 0 radical (unpaired) electrons. The second-order valence-corrected chi connectivity index (χ2v) is 7.93. The van der Waals surface area contributed by atoms with Gasteiger partial charge in [0.25, 0.3) is 0 Å². The van der Waals surface area contributed by atoms with E-state index in [0.29, 0.717) is 6.42 Å². The molecule has 140 valence electrons. The molecular weight excluding hydrogens is 358 g/mol. The molecule has 0 unspecified atom stereocenters. The van der Waals surface area contributed by atoms with Crippen LogP contribution in [0.5, 0.6) is 5.75 Å². The number of carbonyl (C=O) groups is 1. The van der Waals surface area contributed by atoms with E-state index in [1.165, 1.54) is 4.70 Å². The van der Waals surface area contributed by atoms with Crippen molar-refractivity contribution in [1.29, 1.82) is 0 Å². The lowest BCUT2D eigenvalue weighted by Gasteiger charge is -2.36. The normalized spacial score (nSPS) is 14.7. The van der Waals surface area contributed by atoms with E-state index in [2.05, 4.69) is 16.0 Å². The molecule has 4 rings (SSSR count). The molecule has 6 heteroatoms. The first-order valence-corrected chi connectivity index (χ1v) is 10.2. The van der Waals surface area contributed by atoms with Crippen LogP contribution in [0.2, 0.25) is 0 Å². The first-order chi connectivity index (χ1) is 13.2. The van der Waals surface area contributed by atoms with Crippen molar-refractivity contribution in [3.63, 3.8) is 0 Å². The Bertz CT molecular complexity index is 882. The van der Waals surface area contributed by atoms with E-state index in [0.717, 1.165) is 55.2 Å². The monoisotopic (exact) mass is 381 g/mol. The van der Waals surface area contributed by atoms with Crippen LogP contribution in [0, 0.1) is 0 Å². The number of phenolic OH excluding ortho intramolecular Hbond substituents is 1. The third kappa shape index (κ3) is 4.22. The molecule has 1 amide bonds. The van der Waals surface area contributed by atoms with Gasteiger partial charge in [-0.15, -0.1) is 11.3 Å². The van der Waals surface area contributed by atoms with E-state index >= 15 is 0 Å². The molecule has 0 saturated carbocycles. The number of amides is 1. The maximum absolute atomic E-state index is 12.5. The zero-order valence-electron chi connectivity index (χ0n) is 15.2. The van der Waals surface area contributed by atoms with Crippen LogP contribution in [0.3, 0.4) is 0 Å². The van der Waals surface area contributed by atoms with Crippen molar-refractivity contribution in [1.82, 2.24) is 9.88 Å². The van der Waals surface area contributed by atoms with Crippen molar-refractivity contribution in [2.45, 2.75) is 19.3 Å². The summed E-state index contributed by atoms with van der Waals surface area (Å²) in [6, 6.07) is 15.4. The molecule has 1 N–H and O–H groups in total. The van der Waals surface area contributed by atoms with Gasteiger partial charge >= 0.3 is 0 Å². The summed E-state index contributed by atoms with van der Waals surface area (Å²) in [6.45, 7) is 3.16. The second-order valence-electron chi connectivity index (χ2n) is 6.81. The van der Waals surface area contributed by atoms with Gasteiger partial charge in [0, 0.05) is 38.3 Å². The number of piperazine rings is 1. The van der Waals surface area contributed by atoms with Crippen molar-refractivity contribution in [2.75, 3.05) is 31.1 Å². The van der Waals surface area contributed by atoms with Crippen molar-refractivity contribution in [2.24, 2.45) is 0 Å². The fourth-order valence-corrected chi connectivity index (χ4v) is 4.46. The summed E-state index contributed by atoms with van der Waals surface area (Å²) in [5.41, 5.74) is 2.14. The molecule has 5 nitrogen and oxygen atoms in total. The van der Waals surface area contributed by atoms with Gasteiger partial charge in [0.15, 0.2) is 0 Å². The highest BCUT2D eigenvalue weighted by Gasteiger charge is 2.21. The molecule has 2 heterocycles. The summed E-state index contributed by atoms with van der Waals surface area (Å²) < 4.78 is 1.21. The molecular formula is C21H23N3O2S. The number of carbonyl (C=O) groups excluding carboxylic acids is 1. The van der Waals surface area contributed by atoms with Crippen molar-refractivity contribution in [3.05, 3.63) is 53.5 Å². The first kappa shape index (κ1) is 17.8. The van der Waals surface area contributed by atoms with Crippen LogP contribution in [0.15, 0.2) is 48.5 Å². The van der Waals surface area contributed by atoms with Gasteiger partial charge in [0.1, 0.15) is 5.75 Å². The standard InChI is InChI=1S/C21H23N3O2S/c25-17-10-8-16(9-11-17)23-12-14-24(15-13-23)21(26)7-3-6-20-22-18-4-1-2-5-19(18)27-20/h1-2,4-5,8-11,25H,3,6-7,12-15H2. The summed E-state index contributed by atoms with van der Waals surface area (Å²) in [7, 11) is 0. The van der Waals surface area contributed by atoms with E-state index in [-0.39, 0.29) is 11.7 Å². The molecule has 0 bridgehead atoms. The van der Waals surface area contributed by atoms with Crippen LogP contribution in [0.4, 0.5) is 5.69 Å². The van der Waals surface area contributed by atoms with E-state index in [1.54, 1.807) is 23.5 Å². The Labute approximate surface area is 162 Å². The van der Waals surface area contributed by atoms with Gasteiger partial charge in [0.05, 0.1) is 15.2 Å². The lowest BCUT2D eigenvalue weighted by Crippen LogP contribution is -2.48. The van der Waals surface area contributed by atoms with Gasteiger partial charge in [-0.05, 0) is 49.2 Å². The predicted octanol–water partition coefficient (Wildman–Crippen LogP) is 3.67. The number of nitrogens with zero attached hydrogens (tertiary/aromatic N) is 3. The van der Waals surface area contributed by atoms with Crippen molar-refractivity contribution in [3.8, 4) is 5.75 Å². The summed E-state index contributed by atoms with van der Waals surface area (Å²) in [5.74, 6) is 0.516. The van der Waals surface area contributed by atoms with Gasteiger partial charge in [-0.1, -0.05) is 12.1 Å². The fourth-order valence-electron chi connectivity index (χ4n) is 3.45. The molecule has 2 aromatic carbocycles. The quantitative estimate of drug-likeness (QED) is 0.733. The highest BCUT2D eigenvalue weighted by molar-refractivity contribution is 7.18. The Hall–Kier alpha value is -2.60. The highest BCUT2D eigenvalue weighted by atomic mass is 32.1. The number of fused-ring (bicyclic) bond motifs is 1. The SMILES string of the molecule is O=C(CCCc1nc2ccccc2s1)N1CCN(c2ccc(O)cc2)CC1. The molecule has 1 aliphatic rings. The smallest absolute Gasteiger partial charge is 0.222 e. The highest BCUT2D eigenvalue weighted by Crippen LogP contribution is 2.23.